The molecule has 0 spiro atoms. The van der Waals surface area contributed by atoms with Crippen LogP contribution in [0, 0.1) is 0 Å². The minimum absolute atomic E-state index is 0.454. The van der Waals surface area contributed by atoms with Gasteiger partial charge in [-0.3, -0.25) is 5.84 Å². The van der Waals surface area contributed by atoms with Gasteiger partial charge in [-0.1, -0.05) is 13.8 Å². The van der Waals surface area contributed by atoms with E-state index in [0.717, 1.165) is 19.6 Å². The number of ether oxygens (including phenoxy) is 1. The van der Waals surface area contributed by atoms with Gasteiger partial charge in [0.2, 0.25) is 0 Å². The highest BCUT2D eigenvalue weighted by atomic mass is 16.5. The summed E-state index contributed by atoms with van der Waals surface area (Å²) in [6.07, 6.45) is 1.08. The van der Waals surface area contributed by atoms with Crippen LogP contribution < -0.4 is 5.84 Å². The summed E-state index contributed by atoms with van der Waals surface area (Å²) in [5.74, 6) is 5.45. The lowest BCUT2D eigenvalue weighted by Crippen LogP contribution is -2.37. The van der Waals surface area contributed by atoms with Crippen molar-refractivity contribution < 1.29 is 4.74 Å². The van der Waals surface area contributed by atoms with Gasteiger partial charge >= 0.3 is 0 Å². The highest BCUT2D eigenvalue weighted by Crippen LogP contribution is 2.06. The maximum Gasteiger partial charge on any atom is 0.0636 e. The fraction of sp³-hybridized carbons (Fsp3) is 1.00. The molecule has 2 N–H and O–H groups in total. The zero-order valence-electron chi connectivity index (χ0n) is 7.13. The molecule has 1 rings (SSSR count). The quantitative estimate of drug-likeness (QED) is 0.435. The Morgan fingerprint density at radius 2 is 2.10 bits per heavy atom. The van der Waals surface area contributed by atoms with E-state index in [9.17, 15) is 0 Å². The van der Waals surface area contributed by atoms with Crippen molar-refractivity contribution in [2.75, 3.05) is 20.3 Å². The van der Waals surface area contributed by atoms with E-state index in [1.165, 1.54) is 0 Å². The lowest BCUT2D eigenvalue weighted by molar-refractivity contribution is 0.160. The summed E-state index contributed by atoms with van der Waals surface area (Å²) < 4.78 is 5.10. The topological polar surface area (TPSA) is 38.5 Å². The van der Waals surface area contributed by atoms with Crippen LogP contribution in [0.15, 0.2) is 0 Å². The predicted octanol–water partition coefficient (Wildman–Crippen LogP) is 0.607. The van der Waals surface area contributed by atoms with Crippen molar-refractivity contribution in [3.63, 3.8) is 0 Å². The Hall–Kier alpha value is -0.120. The molecule has 0 aromatic heterocycles. The fourth-order valence-corrected chi connectivity index (χ4v) is 0.843. The zero-order valence-corrected chi connectivity index (χ0v) is 7.13. The van der Waals surface area contributed by atoms with Crippen LogP contribution in [0.1, 0.15) is 20.3 Å². The number of likely N-dealkylation sites (N-methyl/N-ethyl adjacent to an activating group) is 1. The van der Waals surface area contributed by atoms with Crippen molar-refractivity contribution in [1.82, 2.24) is 5.01 Å². The first-order valence-corrected chi connectivity index (χ1v) is 3.86. The first-order chi connectivity index (χ1) is 4.80. The second kappa shape index (κ2) is 5.65. The van der Waals surface area contributed by atoms with Gasteiger partial charge in [0, 0.05) is 19.7 Å². The van der Waals surface area contributed by atoms with Crippen molar-refractivity contribution in [2.45, 2.75) is 26.3 Å². The van der Waals surface area contributed by atoms with Crippen LogP contribution in [-0.4, -0.2) is 31.3 Å². The van der Waals surface area contributed by atoms with E-state index in [4.69, 9.17) is 10.6 Å². The molecule has 1 unspecified atom stereocenters. The highest BCUT2D eigenvalue weighted by Gasteiger charge is 2.16. The molecular formula is C7H18N2O. The van der Waals surface area contributed by atoms with E-state index in [1.807, 2.05) is 20.9 Å². The van der Waals surface area contributed by atoms with Gasteiger partial charge in [-0.15, -0.1) is 0 Å². The normalized spacial score (nSPS) is 24.3. The third-order valence-electron chi connectivity index (χ3n) is 1.48. The summed E-state index contributed by atoms with van der Waals surface area (Å²) in [5.41, 5.74) is 0. The highest BCUT2D eigenvalue weighted by molar-refractivity contribution is 4.68. The van der Waals surface area contributed by atoms with Crippen molar-refractivity contribution in [3.8, 4) is 0 Å². The average molecular weight is 146 g/mol. The second-order valence-corrected chi connectivity index (χ2v) is 2.18. The third-order valence-corrected chi connectivity index (χ3v) is 1.48. The number of rotatable bonds is 1. The molecule has 1 atom stereocenters. The smallest absolute Gasteiger partial charge is 0.0636 e. The number of hydrazine groups is 1. The van der Waals surface area contributed by atoms with E-state index < -0.39 is 0 Å². The molecule has 1 aliphatic heterocycles. The SMILES string of the molecule is CC.CN(N)C1CCOC1. The monoisotopic (exact) mass is 146 g/mol. The molecule has 0 aromatic carbocycles. The predicted molar refractivity (Wildman–Crippen MR) is 42.5 cm³/mol. The minimum Gasteiger partial charge on any atom is -0.380 e. The Bertz CT molecular complexity index is 70.0. The Morgan fingerprint density at radius 1 is 1.50 bits per heavy atom. The molecule has 1 heterocycles. The number of hydrogen-bond donors (Lipinski definition) is 1. The molecule has 0 saturated carbocycles. The molecule has 0 amide bonds. The first kappa shape index (κ1) is 9.88. The van der Waals surface area contributed by atoms with Crippen molar-refractivity contribution in [1.29, 1.82) is 0 Å². The molecule has 0 bridgehead atoms. The Balaban J connectivity index is 0.000000371. The Kier molecular flexibility index (Phi) is 5.58. The molecule has 3 heteroatoms. The van der Waals surface area contributed by atoms with Crippen LogP contribution in [0.4, 0.5) is 0 Å². The summed E-state index contributed by atoms with van der Waals surface area (Å²) >= 11 is 0. The number of hydrogen-bond acceptors (Lipinski definition) is 3. The molecule has 62 valence electrons. The molecule has 1 saturated heterocycles. The molecule has 0 radical (unpaired) electrons. The standard InChI is InChI=1S/C5H12N2O.C2H6/c1-7(6)5-2-3-8-4-5;1-2/h5H,2-4,6H2,1H3;1-2H3. The molecule has 10 heavy (non-hydrogen) atoms. The number of nitrogens with two attached hydrogens (primary N) is 1. The van der Waals surface area contributed by atoms with Crippen molar-refractivity contribution >= 4 is 0 Å². The largest absolute Gasteiger partial charge is 0.380 e. The van der Waals surface area contributed by atoms with Crippen molar-refractivity contribution in [3.05, 3.63) is 0 Å². The van der Waals surface area contributed by atoms with Crippen LogP contribution >= 0.6 is 0 Å². The van der Waals surface area contributed by atoms with Gasteiger partial charge in [0.1, 0.15) is 0 Å². The van der Waals surface area contributed by atoms with E-state index in [1.54, 1.807) is 5.01 Å². The van der Waals surface area contributed by atoms with Crippen LogP contribution in [0.5, 0.6) is 0 Å². The summed E-state index contributed by atoms with van der Waals surface area (Å²) in [6, 6.07) is 0.454. The van der Waals surface area contributed by atoms with Gasteiger partial charge in [-0.25, -0.2) is 5.01 Å². The maximum atomic E-state index is 5.45. The van der Waals surface area contributed by atoms with Gasteiger partial charge in [0.15, 0.2) is 0 Å². The van der Waals surface area contributed by atoms with E-state index >= 15 is 0 Å². The van der Waals surface area contributed by atoms with Gasteiger partial charge in [0.05, 0.1) is 6.61 Å². The van der Waals surface area contributed by atoms with Gasteiger partial charge < -0.3 is 4.74 Å². The number of nitrogens with zero attached hydrogens (tertiary/aromatic N) is 1. The summed E-state index contributed by atoms with van der Waals surface area (Å²) in [7, 11) is 1.87. The Labute approximate surface area is 63.1 Å². The van der Waals surface area contributed by atoms with E-state index in [0.29, 0.717) is 6.04 Å². The third kappa shape index (κ3) is 3.15. The first-order valence-electron chi connectivity index (χ1n) is 3.86. The summed E-state index contributed by atoms with van der Waals surface area (Å²) in [5, 5.41) is 1.72. The fourth-order valence-electron chi connectivity index (χ4n) is 0.843. The molecule has 0 aromatic rings. The van der Waals surface area contributed by atoms with Crippen LogP contribution in [0.25, 0.3) is 0 Å². The molecule has 1 aliphatic rings. The Morgan fingerprint density at radius 3 is 2.30 bits per heavy atom. The van der Waals surface area contributed by atoms with Crippen LogP contribution in [-0.2, 0) is 4.74 Å². The summed E-state index contributed by atoms with van der Waals surface area (Å²) in [6.45, 7) is 5.67. The van der Waals surface area contributed by atoms with E-state index in [2.05, 4.69) is 0 Å². The lowest BCUT2D eigenvalue weighted by Gasteiger charge is -2.15. The van der Waals surface area contributed by atoms with Gasteiger partial charge in [-0.05, 0) is 6.42 Å². The van der Waals surface area contributed by atoms with Gasteiger partial charge in [0.25, 0.3) is 0 Å². The molecular weight excluding hydrogens is 128 g/mol. The van der Waals surface area contributed by atoms with Crippen molar-refractivity contribution in [2.24, 2.45) is 5.84 Å². The van der Waals surface area contributed by atoms with Crippen LogP contribution in [0.2, 0.25) is 0 Å². The average Bonchev–Trinajstić information content (AvgIpc) is 2.42. The molecule has 3 nitrogen and oxygen atoms in total. The van der Waals surface area contributed by atoms with Gasteiger partial charge in [-0.2, -0.15) is 0 Å². The molecule has 0 aliphatic carbocycles. The van der Waals surface area contributed by atoms with Crippen LogP contribution in [0.3, 0.4) is 0 Å². The zero-order chi connectivity index (χ0) is 7.98. The lowest BCUT2D eigenvalue weighted by atomic mass is 10.3. The maximum absolute atomic E-state index is 5.45. The summed E-state index contributed by atoms with van der Waals surface area (Å²) in [4.78, 5) is 0. The molecule has 1 fully saturated rings. The minimum atomic E-state index is 0.454. The second-order valence-electron chi connectivity index (χ2n) is 2.18. The van der Waals surface area contributed by atoms with E-state index in [-0.39, 0.29) is 0 Å².